The average molecular weight is 425 g/mol. The maximum Gasteiger partial charge on any atom is 0.268 e. The van der Waals surface area contributed by atoms with Gasteiger partial charge < -0.3 is 5.32 Å². The van der Waals surface area contributed by atoms with Gasteiger partial charge in [-0.3, -0.25) is 4.79 Å². The lowest BCUT2D eigenvalue weighted by molar-refractivity contribution is -0.116. The van der Waals surface area contributed by atoms with Crippen LogP contribution in [0.5, 0.6) is 0 Å². The van der Waals surface area contributed by atoms with Gasteiger partial charge in [-0.05, 0) is 56.4 Å². The van der Waals surface area contributed by atoms with Gasteiger partial charge in [-0.25, -0.2) is 0 Å². The van der Waals surface area contributed by atoms with E-state index in [0.717, 1.165) is 34.7 Å². The number of aryl methyl sites for hydroxylation is 2. The van der Waals surface area contributed by atoms with E-state index in [9.17, 15) is 4.79 Å². The molecule has 0 saturated heterocycles. The largest absolute Gasteiger partial charge is 0.322 e. The van der Waals surface area contributed by atoms with E-state index >= 15 is 0 Å². The fraction of sp³-hybridized carbons (Fsp3) is 0.708. The predicted molar refractivity (Wildman–Crippen MR) is 128 cm³/mol. The van der Waals surface area contributed by atoms with Gasteiger partial charge in [0.05, 0.1) is 18.5 Å². The summed E-state index contributed by atoms with van der Waals surface area (Å²) >= 11 is 6.20. The average Bonchev–Trinajstić information content (AvgIpc) is 3.46. The van der Waals surface area contributed by atoms with Crippen molar-refractivity contribution in [3.05, 3.63) is 28.3 Å². The molecule has 0 heterocycles. The molecule has 4 heteroatoms. The second-order valence-corrected chi connectivity index (χ2v) is 13.7. The fourth-order valence-electron chi connectivity index (χ4n) is 4.73. The van der Waals surface area contributed by atoms with E-state index in [1.807, 2.05) is 26.0 Å². The minimum absolute atomic E-state index is 0.0645. The van der Waals surface area contributed by atoms with Crippen LogP contribution in [-0.4, -0.2) is 29.5 Å². The van der Waals surface area contributed by atoms with Gasteiger partial charge in [0, 0.05) is 30.8 Å². The number of benzene rings is 1. The van der Waals surface area contributed by atoms with Crippen molar-refractivity contribution >= 4 is 30.5 Å². The van der Waals surface area contributed by atoms with E-state index in [0.29, 0.717) is 5.91 Å². The first-order valence-electron chi connectivity index (χ1n) is 11.3. The molecule has 0 aromatic heterocycles. The SMILES string of the molecule is CCCC[P+](CCCC)(CCCC)C1(C(=O)Nc2c(C)cc(Cl)cc2C)CC1. The molecular weight excluding hydrogens is 385 g/mol. The Kier molecular flexibility index (Phi) is 8.83. The Morgan fingerprint density at radius 1 is 0.964 bits per heavy atom. The highest BCUT2D eigenvalue weighted by Gasteiger charge is 2.69. The number of hydrogen-bond donors (Lipinski definition) is 1. The number of carbonyl (C=O) groups excluding carboxylic acids is 1. The summed E-state index contributed by atoms with van der Waals surface area (Å²) in [6.45, 7) is 10.9. The third-order valence-corrected chi connectivity index (χ3v) is 12.8. The molecule has 2 rings (SSSR count). The molecule has 0 unspecified atom stereocenters. The van der Waals surface area contributed by atoms with E-state index < -0.39 is 7.26 Å². The van der Waals surface area contributed by atoms with Gasteiger partial charge in [-0.1, -0.05) is 51.6 Å². The van der Waals surface area contributed by atoms with E-state index in [2.05, 4.69) is 26.1 Å². The van der Waals surface area contributed by atoms with Crippen LogP contribution in [0.4, 0.5) is 5.69 Å². The molecule has 1 aromatic carbocycles. The van der Waals surface area contributed by atoms with E-state index in [1.54, 1.807) is 0 Å². The van der Waals surface area contributed by atoms with Crippen molar-refractivity contribution in [3.63, 3.8) is 0 Å². The lowest BCUT2D eigenvalue weighted by Gasteiger charge is -2.35. The Morgan fingerprint density at radius 2 is 1.39 bits per heavy atom. The summed E-state index contributed by atoms with van der Waals surface area (Å²) in [6, 6.07) is 3.91. The zero-order chi connectivity index (χ0) is 20.8. The summed E-state index contributed by atoms with van der Waals surface area (Å²) in [7, 11) is -1.31. The standard InChI is InChI=1S/C24H39ClNOP/c1-6-9-14-28(15-10-7-2,16-11-8-3)24(12-13-24)23(27)26-22-19(4)17-21(25)18-20(22)5/h17-18H,6-16H2,1-5H3/p+1. The number of hydrogen-bond acceptors (Lipinski definition) is 1. The van der Waals surface area contributed by atoms with Gasteiger partial charge in [0.2, 0.25) is 0 Å². The van der Waals surface area contributed by atoms with Crippen LogP contribution in [0.25, 0.3) is 0 Å². The molecule has 0 radical (unpaired) electrons. The summed E-state index contributed by atoms with van der Waals surface area (Å²) in [5.74, 6) is 0.303. The summed E-state index contributed by atoms with van der Waals surface area (Å²) in [6.07, 6.45) is 13.6. The molecule has 158 valence electrons. The Morgan fingerprint density at radius 3 is 1.75 bits per heavy atom. The molecule has 1 aliphatic rings. The molecule has 1 aromatic rings. The van der Waals surface area contributed by atoms with Gasteiger partial charge in [0.25, 0.3) is 5.91 Å². The minimum Gasteiger partial charge on any atom is -0.322 e. The summed E-state index contributed by atoms with van der Waals surface area (Å²) in [4.78, 5) is 13.7. The van der Waals surface area contributed by atoms with Crippen LogP contribution in [0.2, 0.25) is 5.02 Å². The molecule has 1 amide bonds. The van der Waals surface area contributed by atoms with Gasteiger partial charge in [-0.2, -0.15) is 0 Å². The van der Waals surface area contributed by atoms with Crippen LogP contribution >= 0.6 is 18.9 Å². The maximum atomic E-state index is 13.7. The first kappa shape index (κ1) is 23.7. The van der Waals surface area contributed by atoms with Crippen LogP contribution < -0.4 is 5.32 Å². The number of unbranched alkanes of at least 4 members (excludes halogenated alkanes) is 3. The van der Waals surface area contributed by atoms with Crippen molar-refractivity contribution in [2.24, 2.45) is 0 Å². The minimum atomic E-state index is -1.31. The molecule has 1 fully saturated rings. The molecule has 0 atom stereocenters. The molecule has 28 heavy (non-hydrogen) atoms. The number of nitrogens with one attached hydrogen (secondary N) is 1. The molecule has 1 aliphatic carbocycles. The quantitative estimate of drug-likeness (QED) is 0.340. The number of amides is 1. The topological polar surface area (TPSA) is 29.1 Å². The van der Waals surface area contributed by atoms with Gasteiger partial charge in [0.15, 0.2) is 5.16 Å². The first-order valence-corrected chi connectivity index (χ1v) is 14.0. The van der Waals surface area contributed by atoms with Crippen LogP contribution in [0.15, 0.2) is 12.1 Å². The molecule has 0 bridgehead atoms. The van der Waals surface area contributed by atoms with Crippen molar-refractivity contribution in [2.75, 3.05) is 23.8 Å². The van der Waals surface area contributed by atoms with Gasteiger partial charge in [0.1, 0.15) is 0 Å². The highest BCUT2D eigenvalue weighted by atomic mass is 35.5. The van der Waals surface area contributed by atoms with E-state index in [1.165, 1.54) is 57.0 Å². The lowest BCUT2D eigenvalue weighted by Crippen LogP contribution is -2.36. The molecule has 1 N–H and O–H groups in total. The third kappa shape index (κ3) is 5.11. The summed E-state index contributed by atoms with van der Waals surface area (Å²) < 4.78 is 0. The molecule has 2 nitrogen and oxygen atoms in total. The maximum absolute atomic E-state index is 13.7. The number of carbonyl (C=O) groups is 1. The Balaban J connectivity index is 2.33. The Bertz CT molecular complexity index is 624. The highest BCUT2D eigenvalue weighted by Crippen LogP contribution is 2.79. The normalized spacial score (nSPS) is 15.5. The van der Waals surface area contributed by atoms with Crippen molar-refractivity contribution in [2.45, 2.75) is 91.1 Å². The number of rotatable bonds is 12. The zero-order valence-electron chi connectivity index (χ0n) is 18.7. The second-order valence-electron chi connectivity index (χ2n) is 8.78. The van der Waals surface area contributed by atoms with Crippen LogP contribution in [0.1, 0.15) is 83.3 Å². The zero-order valence-corrected chi connectivity index (χ0v) is 20.3. The molecule has 1 saturated carbocycles. The number of anilines is 1. The summed E-state index contributed by atoms with van der Waals surface area (Å²) in [5.41, 5.74) is 3.10. The fourth-order valence-corrected chi connectivity index (χ4v) is 11.3. The Labute approximate surface area is 178 Å². The monoisotopic (exact) mass is 424 g/mol. The number of halogens is 1. The van der Waals surface area contributed by atoms with E-state index in [4.69, 9.17) is 11.6 Å². The van der Waals surface area contributed by atoms with E-state index in [-0.39, 0.29) is 5.16 Å². The Hall–Kier alpha value is -0.590. The van der Waals surface area contributed by atoms with Gasteiger partial charge >= 0.3 is 0 Å². The van der Waals surface area contributed by atoms with Crippen molar-refractivity contribution in [1.82, 2.24) is 0 Å². The van der Waals surface area contributed by atoms with Crippen molar-refractivity contribution < 1.29 is 4.79 Å². The van der Waals surface area contributed by atoms with Crippen LogP contribution in [0, 0.1) is 13.8 Å². The lowest BCUT2D eigenvalue weighted by atomic mass is 10.1. The molecule has 0 spiro atoms. The first-order chi connectivity index (χ1) is 13.4. The molecular formula is C24H40ClNOP+. The van der Waals surface area contributed by atoms with Crippen LogP contribution in [-0.2, 0) is 4.79 Å². The third-order valence-electron chi connectivity index (χ3n) is 6.61. The van der Waals surface area contributed by atoms with Gasteiger partial charge in [-0.15, -0.1) is 0 Å². The van der Waals surface area contributed by atoms with Crippen molar-refractivity contribution in [1.29, 1.82) is 0 Å². The van der Waals surface area contributed by atoms with Crippen LogP contribution in [0.3, 0.4) is 0 Å². The summed E-state index contributed by atoms with van der Waals surface area (Å²) in [5, 5.41) is 4.05. The highest BCUT2D eigenvalue weighted by molar-refractivity contribution is 7.78. The second kappa shape index (κ2) is 10.4. The molecule has 0 aliphatic heterocycles. The smallest absolute Gasteiger partial charge is 0.268 e. The predicted octanol–water partition coefficient (Wildman–Crippen LogP) is 7.85. The van der Waals surface area contributed by atoms with Crippen molar-refractivity contribution in [3.8, 4) is 0 Å².